The molecule has 18 heteroatoms. The van der Waals surface area contributed by atoms with Crippen molar-refractivity contribution >= 4 is 25.5 Å². The molecule has 4 N–H and O–H groups in total. The second-order valence-electron chi connectivity index (χ2n) is 6.53. The summed E-state index contributed by atoms with van der Waals surface area (Å²) in [5.74, 6) is -5.50. The molecule has 1 unspecified atom stereocenters. The molecular formula is C15H20N4Na3O10P. The fraction of sp³-hybridized carbons (Fsp3) is 0.600. The minimum atomic E-state index is -4.57. The summed E-state index contributed by atoms with van der Waals surface area (Å²) < 4.78 is 23.1. The van der Waals surface area contributed by atoms with Crippen LogP contribution in [0.1, 0.15) is 25.5 Å². The molecule has 0 saturated carbocycles. The van der Waals surface area contributed by atoms with Crippen LogP contribution < -0.4 is 120 Å². The zero-order valence-corrected chi connectivity index (χ0v) is 25.4. The largest absolute Gasteiger partial charge is 1.00 e. The van der Waals surface area contributed by atoms with E-state index >= 15 is 0 Å². The Hall–Kier alpha value is 0.650. The summed E-state index contributed by atoms with van der Waals surface area (Å²) in [7, 11) is -4.57. The van der Waals surface area contributed by atoms with Crippen LogP contribution in [0.3, 0.4) is 0 Å². The van der Waals surface area contributed by atoms with Crippen LogP contribution >= 0.6 is 7.75 Å². The number of rotatable bonds is 11. The van der Waals surface area contributed by atoms with Gasteiger partial charge in [-0.2, -0.15) is 4.98 Å². The zero-order chi connectivity index (χ0) is 22.5. The molecule has 0 aromatic carbocycles. The van der Waals surface area contributed by atoms with Crippen molar-refractivity contribution in [1.82, 2.24) is 14.6 Å². The molecule has 0 aliphatic carbocycles. The Balaban J connectivity index is 0. The first-order chi connectivity index (χ1) is 14.0. The van der Waals surface area contributed by atoms with Crippen molar-refractivity contribution in [2.24, 2.45) is 5.92 Å². The van der Waals surface area contributed by atoms with E-state index in [-0.39, 0.29) is 120 Å². The van der Waals surface area contributed by atoms with E-state index in [4.69, 9.17) is 15.0 Å². The number of nitrogens with two attached hydrogens (primary N) is 1. The van der Waals surface area contributed by atoms with Crippen molar-refractivity contribution in [2.45, 2.75) is 37.7 Å². The average Bonchev–Trinajstić information content (AvgIpc) is 3.00. The van der Waals surface area contributed by atoms with E-state index in [0.29, 0.717) is 0 Å². The van der Waals surface area contributed by atoms with Crippen molar-refractivity contribution in [3.8, 4) is 0 Å². The topological polar surface area (TPSA) is 232 Å². The third kappa shape index (κ3) is 11.5. The van der Waals surface area contributed by atoms with Crippen LogP contribution in [0.4, 0.5) is 5.82 Å². The number of aromatic nitrogens is 2. The summed E-state index contributed by atoms with van der Waals surface area (Å²) in [4.78, 5) is 48.4. The number of ether oxygens (including phenoxy) is 1. The summed E-state index contributed by atoms with van der Waals surface area (Å²) >= 11 is 0. The Morgan fingerprint density at radius 3 is 2.52 bits per heavy atom. The van der Waals surface area contributed by atoms with Crippen LogP contribution in [0.15, 0.2) is 17.1 Å². The SMILES string of the molecule is Nc1ccn([C@@H]2O[C@H](COP(=O)([O-])NCCCC(C(=O)[O-])C(=O)[O-])C[C@H]2O)c(=O)n1.[Na+].[Na+].[Na+]. The number of aliphatic hydroxyl groups is 1. The fourth-order valence-corrected chi connectivity index (χ4v) is 3.67. The van der Waals surface area contributed by atoms with E-state index in [1.807, 2.05) is 5.09 Å². The van der Waals surface area contributed by atoms with E-state index in [2.05, 4.69) is 4.98 Å². The van der Waals surface area contributed by atoms with Gasteiger partial charge in [0.25, 0.3) is 0 Å². The molecule has 1 aromatic rings. The van der Waals surface area contributed by atoms with Gasteiger partial charge in [-0.1, -0.05) is 0 Å². The van der Waals surface area contributed by atoms with Crippen LogP contribution in [0.2, 0.25) is 0 Å². The summed E-state index contributed by atoms with van der Waals surface area (Å²) in [5, 5.41) is 33.4. The van der Waals surface area contributed by atoms with Crippen LogP contribution in [-0.4, -0.2) is 52.0 Å². The number of anilines is 1. The van der Waals surface area contributed by atoms with Crippen molar-refractivity contribution in [2.75, 3.05) is 18.9 Å². The first-order valence-electron chi connectivity index (χ1n) is 8.81. The number of nitrogens with one attached hydrogen (secondary N) is 1. The second kappa shape index (κ2) is 16.4. The van der Waals surface area contributed by atoms with Gasteiger partial charge in [0.1, 0.15) is 11.9 Å². The summed E-state index contributed by atoms with van der Waals surface area (Å²) in [6.07, 6.45) is -2.29. The maximum atomic E-state index is 11.9. The standard InChI is InChI=1S/C15H23N4O10P.3Na/c16-11-3-5-19(15(25)18-11)12-10(20)6-8(29-12)7-28-30(26,27)17-4-1-2-9(13(21)22)14(23)24;;;/h3,5,8-10,12,20H,1-2,4,6-7H2,(H,21,22)(H,23,24)(H2,16,18,25)(H2,17,26,27);;;/q;3*+1/p-3/t8-,10+,12+;;;/m0.../s1. The van der Waals surface area contributed by atoms with Gasteiger partial charge in [-0.15, -0.1) is 0 Å². The second-order valence-corrected chi connectivity index (χ2v) is 8.10. The maximum Gasteiger partial charge on any atom is 1.00 e. The maximum absolute atomic E-state index is 11.9. The molecule has 33 heavy (non-hydrogen) atoms. The number of carboxylic acids is 2. The molecule has 0 bridgehead atoms. The van der Waals surface area contributed by atoms with Gasteiger partial charge in [-0.05, 0) is 18.9 Å². The van der Waals surface area contributed by atoms with E-state index in [0.717, 1.165) is 4.57 Å². The number of hydrogen-bond donors (Lipinski definition) is 3. The molecule has 4 atom stereocenters. The Bertz CT molecular complexity index is 878. The first-order valence-corrected chi connectivity index (χ1v) is 10.3. The molecule has 1 aliphatic heterocycles. The van der Waals surface area contributed by atoms with Gasteiger partial charge in [-0.25, -0.2) is 4.79 Å². The third-order valence-corrected chi connectivity index (χ3v) is 5.37. The van der Waals surface area contributed by atoms with E-state index in [1.165, 1.54) is 12.3 Å². The number of nitrogen functional groups attached to an aromatic ring is 1. The third-order valence-electron chi connectivity index (χ3n) is 4.27. The van der Waals surface area contributed by atoms with Gasteiger partial charge in [0.15, 0.2) is 6.23 Å². The molecule has 0 amide bonds. The Labute approximate surface area is 255 Å². The molecule has 2 heterocycles. The van der Waals surface area contributed by atoms with Gasteiger partial charge in [0, 0.05) is 25.1 Å². The summed E-state index contributed by atoms with van der Waals surface area (Å²) in [6, 6.07) is 1.34. The van der Waals surface area contributed by atoms with Crippen LogP contribution in [-0.2, 0) is 23.4 Å². The van der Waals surface area contributed by atoms with Crippen LogP contribution in [0, 0.1) is 5.92 Å². The normalized spacial score (nSPS) is 21.2. The molecule has 14 nitrogen and oxygen atoms in total. The van der Waals surface area contributed by atoms with Gasteiger partial charge in [0.2, 0.25) is 7.75 Å². The van der Waals surface area contributed by atoms with Crippen LogP contribution in [0.5, 0.6) is 0 Å². The molecule has 1 aliphatic rings. The Kier molecular flexibility index (Phi) is 17.8. The average molecular weight is 516 g/mol. The molecule has 168 valence electrons. The molecular weight excluding hydrogens is 496 g/mol. The number of carboxylic acid groups (broad SMARTS) is 2. The number of aliphatic hydroxyl groups excluding tert-OH is 1. The molecule has 1 fully saturated rings. The van der Waals surface area contributed by atoms with E-state index in [1.54, 1.807) is 0 Å². The van der Waals surface area contributed by atoms with Crippen molar-refractivity contribution in [1.29, 1.82) is 0 Å². The zero-order valence-electron chi connectivity index (χ0n) is 18.5. The van der Waals surface area contributed by atoms with E-state index < -0.39 is 56.3 Å². The van der Waals surface area contributed by atoms with E-state index in [9.17, 15) is 39.2 Å². The molecule has 0 spiro atoms. The van der Waals surface area contributed by atoms with Gasteiger partial charge < -0.3 is 44.8 Å². The van der Waals surface area contributed by atoms with Crippen LogP contribution in [0.25, 0.3) is 0 Å². The van der Waals surface area contributed by atoms with Gasteiger partial charge in [-0.3, -0.25) is 14.2 Å². The predicted molar refractivity (Wildman–Crippen MR) is 91.7 cm³/mol. The minimum Gasteiger partial charge on any atom is -0.766 e. The quantitative estimate of drug-likeness (QED) is 0.107. The molecule has 1 saturated heterocycles. The summed E-state index contributed by atoms with van der Waals surface area (Å²) in [6.45, 7) is -0.736. The molecule has 0 radical (unpaired) electrons. The monoisotopic (exact) mass is 516 g/mol. The number of aliphatic carboxylic acids is 2. The number of carbonyl (C=O) groups is 2. The van der Waals surface area contributed by atoms with Crippen molar-refractivity contribution in [3.05, 3.63) is 22.7 Å². The van der Waals surface area contributed by atoms with Crippen molar-refractivity contribution in [3.63, 3.8) is 0 Å². The Morgan fingerprint density at radius 1 is 1.36 bits per heavy atom. The number of hydrogen-bond acceptors (Lipinski definition) is 12. The predicted octanol–water partition coefficient (Wildman–Crippen LogP) is -13.5. The number of nitrogens with zero attached hydrogens (tertiary/aromatic N) is 2. The Morgan fingerprint density at radius 2 is 1.97 bits per heavy atom. The molecule has 2 rings (SSSR count). The molecule has 1 aromatic heterocycles. The summed E-state index contributed by atoms with van der Waals surface area (Å²) in [5.41, 5.74) is 4.65. The minimum absolute atomic E-state index is 0. The first kappa shape index (κ1) is 35.8. The number of carbonyl (C=O) groups excluding carboxylic acids is 2. The van der Waals surface area contributed by atoms with Gasteiger partial charge >= 0.3 is 94.4 Å². The van der Waals surface area contributed by atoms with Gasteiger partial charge in [0.05, 0.1) is 24.6 Å². The smallest absolute Gasteiger partial charge is 0.766 e. The van der Waals surface area contributed by atoms with Crippen molar-refractivity contribution < 1.29 is 132 Å². The fourth-order valence-electron chi connectivity index (χ4n) is 2.79.